The predicted octanol–water partition coefficient (Wildman–Crippen LogP) is 1.94. The molecule has 3 rings (SSSR count). The number of carboxylic acid groups (broad SMARTS) is 1. The number of ether oxygens (including phenoxy) is 1. The molecule has 1 aromatic carbocycles. The van der Waals surface area contributed by atoms with Crippen molar-refractivity contribution >= 4 is 24.0 Å². The number of fused-ring (bicyclic) bond motifs is 1. The zero-order chi connectivity index (χ0) is 20.5. The highest BCUT2D eigenvalue weighted by molar-refractivity contribution is 5.98. The van der Waals surface area contributed by atoms with Gasteiger partial charge in [-0.3, -0.25) is 9.69 Å². The van der Waals surface area contributed by atoms with E-state index in [1.54, 1.807) is 17.0 Å². The monoisotopic (exact) mass is 389 g/mol. The second-order valence-corrected chi connectivity index (χ2v) is 8.26. The minimum absolute atomic E-state index is 0.00570. The first-order valence-electron chi connectivity index (χ1n) is 9.47. The number of carboxylic acids is 1. The van der Waals surface area contributed by atoms with Gasteiger partial charge in [0.05, 0.1) is 5.56 Å². The van der Waals surface area contributed by atoms with Crippen molar-refractivity contribution in [3.05, 3.63) is 29.3 Å². The van der Waals surface area contributed by atoms with E-state index in [0.717, 1.165) is 25.3 Å². The van der Waals surface area contributed by atoms with Gasteiger partial charge in [0.2, 0.25) is 0 Å². The fourth-order valence-corrected chi connectivity index (χ4v) is 3.72. The number of hydrogen-bond acceptors (Lipinski definition) is 6. The Balaban J connectivity index is 1.71. The summed E-state index contributed by atoms with van der Waals surface area (Å²) in [6, 6.07) is 5.00. The normalized spacial score (nSPS) is 20.5. The average Bonchev–Trinajstić information content (AvgIpc) is 2.65. The van der Waals surface area contributed by atoms with Gasteiger partial charge in [0.25, 0.3) is 0 Å². The van der Waals surface area contributed by atoms with Crippen LogP contribution in [0.2, 0.25) is 0 Å². The molecule has 2 saturated heterocycles. The summed E-state index contributed by atoms with van der Waals surface area (Å²) in [6.07, 6.45) is 0.284. The summed E-state index contributed by atoms with van der Waals surface area (Å²) in [5.74, 6) is -1.11. The van der Waals surface area contributed by atoms with Crippen LogP contribution >= 0.6 is 0 Å². The van der Waals surface area contributed by atoms with Crippen LogP contribution in [0, 0.1) is 0 Å². The molecule has 2 aliphatic heterocycles. The lowest BCUT2D eigenvalue weighted by molar-refractivity contribution is 0.00217. The van der Waals surface area contributed by atoms with Gasteiger partial charge in [0.15, 0.2) is 6.29 Å². The van der Waals surface area contributed by atoms with Gasteiger partial charge in [-0.1, -0.05) is 0 Å². The van der Waals surface area contributed by atoms with Crippen LogP contribution in [-0.2, 0) is 4.74 Å². The molecule has 0 saturated carbocycles. The number of carbonyl (C=O) groups excluding carboxylic acids is 2. The number of rotatable bonds is 3. The van der Waals surface area contributed by atoms with Crippen LogP contribution in [0.1, 0.15) is 41.5 Å². The van der Waals surface area contributed by atoms with Gasteiger partial charge in [-0.15, -0.1) is 0 Å². The number of nitrogens with zero attached hydrogens (tertiary/aromatic N) is 3. The van der Waals surface area contributed by atoms with E-state index in [-0.39, 0.29) is 23.3 Å². The molecule has 8 nitrogen and oxygen atoms in total. The number of piperazine rings is 2. The summed E-state index contributed by atoms with van der Waals surface area (Å²) in [6.45, 7) is 9.93. The summed E-state index contributed by atoms with van der Waals surface area (Å²) in [5.41, 5.74) is 0.475. The summed E-state index contributed by atoms with van der Waals surface area (Å²) >= 11 is 0. The quantitative estimate of drug-likeness (QED) is 0.790. The van der Waals surface area contributed by atoms with E-state index in [1.807, 2.05) is 20.8 Å². The maximum absolute atomic E-state index is 12.4. The molecule has 0 radical (unpaired) electrons. The molecule has 0 spiro atoms. The third-order valence-corrected chi connectivity index (χ3v) is 5.10. The highest BCUT2D eigenvalue weighted by Crippen LogP contribution is 2.24. The molecule has 1 unspecified atom stereocenters. The molecule has 0 aromatic heterocycles. The topological polar surface area (TPSA) is 90.4 Å². The van der Waals surface area contributed by atoms with Gasteiger partial charge in [0.1, 0.15) is 5.60 Å². The first-order chi connectivity index (χ1) is 13.2. The minimum Gasteiger partial charge on any atom is -0.478 e. The molecule has 28 heavy (non-hydrogen) atoms. The second-order valence-electron chi connectivity index (χ2n) is 8.26. The van der Waals surface area contributed by atoms with Crippen molar-refractivity contribution in [2.45, 2.75) is 32.4 Å². The molecule has 1 atom stereocenters. The highest BCUT2D eigenvalue weighted by Gasteiger charge is 2.35. The molecule has 1 N–H and O–H groups in total. The van der Waals surface area contributed by atoms with Crippen LogP contribution in [-0.4, -0.2) is 84.2 Å². The lowest BCUT2D eigenvalue weighted by Crippen LogP contribution is -2.63. The van der Waals surface area contributed by atoms with Crippen molar-refractivity contribution in [3.63, 3.8) is 0 Å². The van der Waals surface area contributed by atoms with Crippen molar-refractivity contribution < 1.29 is 24.2 Å². The molecule has 2 fully saturated rings. The molecular weight excluding hydrogens is 362 g/mol. The smallest absolute Gasteiger partial charge is 0.410 e. The average molecular weight is 389 g/mol. The van der Waals surface area contributed by atoms with Gasteiger partial charge in [-0.2, -0.15) is 0 Å². The summed E-state index contributed by atoms with van der Waals surface area (Å²) in [5, 5.41) is 9.19. The predicted molar refractivity (Wildman–Crippen MR) is 104 cm³/mol. The molecule has 0 bridgehead atoms. The molecule has 2 heterocycles. The van der Waals surface area contributed by atoms with E-state index in [2.05, 4.69) is 9.80 Å². The van der Waals surface area contributed by atoms with Gasteiger partial charge in [-0.05, 0) is 39.0 Å². The Morgan fingerprint density at radius 3 is 2.50 bits per heavy atom. The van der Waals surface area contributed by atoms with E-state index < -0.39 is 11.6 Å². The van der Waals surface area contributed by atoms with E-state index in [4.69, 9.17) is 4.74 Å². The Morgan fingerprint density at radius 1 is 1.14 bits per heavy atom. The third-order valence-electron chi connectivity index (χ3n) is 5.10. The molecule has 1 amide bonds. The number of hydrogen-bond donors (Lipinski definition) is 1. The van der Waals surface area contributed by atoms with Crippen LogP contribution < -0.4 is 4.90 Å². The number of amides is 1. The van der Waals surface area contributed by atoms with E-state index >= 15 is 0 Å². The van der Waals surface area contributed by atoms with E-state index in [9.17, 15) is 19.5 Å². The minimum atomic E-state index is -1.11. The fraction of sp³-hybridized carbons (Fsp3) is 0.550. The molecule has 1 aromatic rings. The van der Waals surface area contributed by atoms with Gasteiger partial charge < -0.3 is 19.6 Å². The SMILES string of the molecule is CC(C)(C)OC(=O)N1CCN2CCN(c3ccc(C(=O)O)c(C=O)c3)CC2C1. The molecule has 2 aliphatic rings. The lowest BCUT2D eigenvalue weighted by Gasteiger charge is -2.47. The lowest BCUT2D eigenvalue weighted by atomic mass is 10.0. The number of benzene rings is 1. The van der Waals surface area contributed by atoms with Gasteiger partial charge in [0, 0.05) is 56.6 Å². The maximum atomic E-state index is 12.4. The largest absolute Gasteiger partial charge is 0.478 e. The van der Waals surface area contributed by atoms with E-state index in [1.165, 1.54) is 6.07 Å². The van der Waals surface area contributed by atoms with Crippen molar-refractivity contribution in [3.8, 4) is 0 Å². The van der Waals surface area contributed by atoms with E-state index in [0.29, 0.717) is 25.9 Å². The van der Waals surface area contributed by atoms with Crippen LogP contribution in [0.15, 0.2) is 18.2 Å². The molecule has 152 valence electrons. The Kier molecular flexibility index (Phi) is 5.60. The summed E-state index contributed by atoms with van der Waals surface area (Å²) in [4.78, 5) is 41.2. The number of carbonyl (C=O) groups is 3. The zero-order valence-corrected chi connectivity index (χ0v) is 16.6. The fourth-order valence-electron chi connectivity index (χ4n) is 3.72. The third kappa shape index (κ3) is 4.44. The first-order valence-corrected chi connectivity index (χ1v) is 9.47. The maximum Gasteiger partial charge on any atom is 0.410 e. The van der Waals surface area contributed by atoms with Crippen molar-refractivity contribution in [2.75, 3.05) is 44.2 Å². The Hall–Kier alpha value is -2.61. The Bertz CT molecular complexity index is 774. The van der Waals surface area contributed by atoms with Crippen LogP contribution in [0.5, 0.6) is 0 Å². The van der Waals surface area contributed by atoms with Crippen LogP contribution in [0.3, 0.4) is 0 Å². The first kappa shape index (κ1) is 20.1. The molecule has 0 aliphatic carbocycles. The molecule has 8 heteroatoms. The van der Waals surface area contributed by atoms with Crippen molar-refractivity contribution in [2.24, 2.45) is 0 Å². The second kappa shape index (κ2) is 7.79. The zero-order valence-electron chi connectivity index (χ0n) is 16.6. The van der Waals surface area contributed by atoms with Crippen LogP contribution in [0.25, 0.3) is 0 Å². The van der Waals surface area contributed by atoms with Gasteiger partial charge >= 0.3 is 12.1 Å². The summed E-state index contributed by atoms with van der Waals surface area (Å²) < 4.78 is 5.49. The number of aromatic carboxylic acids is 1. The molecular formula is C20H27N3O5. The van der Waals surface area contributed by atoms with Crippen LogP contribution in [0.4, 0.5) is 10.5 Å². The Labute approximate surface area is 164 Å². The number of anilines is 1. The van der Waals surface area contributed by atoms with Gasteiger partial charge in [-0.25, -0.2) is 9.59 Å². The van der Waals surface area contributed by atoms with Crippen molar-refractivity contribution in [1.29, 1.82) is 0 Å². The van der Waals surface area contributed by atoms with Crippen molar-refractivity contribution in [1.82, 2.24) is 9.80 Å². The number of aldehydes is 1. The summed E-state index contributed by atoms with van der Waals surface area (Å²) in [7, 11) is 0. The highest BCUT2D eigenvalue weighted by atomic mass is 16.6. The standard InChI is InChI=1S/C20H27N3O5/c1-20(2,3)28-19(27)23-9-7-21-6-8-22(11-16(21)12-23)15-4-5-17(18(25)26)14(10-15)13-24/h4-5,10,13,16H,6-9,11-12H2,1-3H3,(H,25,26). The Morgan fingerprint density at radius 2 is 1.86 bits per heavy atom.